The van der Waals surface area contributed by atoms with Gasteiger partial charge in [-0.3, -0.25) is 0 Å². The fourth-order valence-electron chi connectivity index (χ4n) is 0.803. The average molecular weight is 215 g/mol. The van der Waals surface area contributed by atoms with E-state index in [1.54, 1.807) is 42.7 Å². The van der Waals surface area contributed by atoms with Crippen molar-refractivity contribution in [3.8, 4) is 0 Å². The van der Waals surface area contributed by atoms with Crippen molar-refractivity contribution in [3.05, 3.63) is 73.9 Å². The zero-order valence-corrected chi connectivity index (χ0v) is 9.60. The van der Waals surface area contributed by atoms with Gasteiger partial charge in [0.2, 0.25) is 5.88 Å². The van der Waals surface area contributed by atoms with Crippen molar-refractivity contribution >= 4 is 6.21 Å². The van der Waals surface area contributed by atoms with Crippen LogP contribution in [0.3, 0.4) is 0 Å². The summed E-state index contributed by atoms with van der Waals surface area (Å²) in [5, 5.41) is 0. The number of rotatable bonds is 7. The van der Waals surface area contributed by atoms with Crippen molar-refractivity contribution < 1.29 is 4.74 Å². The summed E-state index contributed by atoms with van der Waals surface area (Å²) in [7, 11) is 0. The molecule has 0 heterocycles. The van der Waals surface area contributed by atoms with Gasteiger partial charge < -0.3 is 4.74 Å². The Balaban J connectivity index is 4.73. The second-order valence-corrected chi connectivity index (χ2v) is 2.64. The molecule has 2 nitrogen and oxygen atoms in total. The van der Waals surface area contributed by atoms with E-state index in [9.17, 15) is 0 Å². The van der Waals surface area contributed by atoms with Gasteiger partial charge in [-0.1, -0.05) is 44.0 Å². The molecule has 0 aliphatic heterocycles. The Morgan fingerprint density at radius 2 is 1.88 bits per heavy atom. The maximum Gasteiger partial charge on any atom is 0.219 e. The van der Waals surface area contributed by atoms with Gasteiger partial charge in [0, 0.05) is 12.3 Å². The first kappa shape index (κ1) is 13.9. The van der Waals surface area contributed by atoms with E-state index >= 15 is 0 Å². The minimum Gasteiger partial charge on any atom is -0.439 e. The molecule has 0 spiro atoms. The van der Waals surface area contributed by atoms with E-state index in [0.717, 1.165) is 0 Å². The molecule has 0 aromatic rings. The highest BCUT2D eigenvalue weighted by Gasteiger charge is 1.95. The molecule has 0 saturated heterocycles. The molecule has 0 aromatic carbocycles. The van der Waals surface area contributed by atoms with Crippen LogP contribution < -0.4 is 0 Å². The minimum absolute atomic E-state index is 0.455. The van der Waals surface area contributed by atoms with E-state index < -0.39 is 0 Å². The van der Waals surface area contributed by atoms with Crippen molar-refractivity contribution in [1.29, 1.82) is 0 Å². The van der Waals surface area contributed by atoms with Gasteiger partial charge in [-0.05, 0) is 19.1 Å². The van der Waals surface area contributed by atoms with Crippen molar-refractivity contribution in [1.82, 2.24) is 0 Å². The molecule has 2 heteroatoms. The fraction of sp³-hybridized carbons (Fsp3) is 0.0714. The molecule has 84 valence electrons. The first-order valence-corrected chi connectivity index (χ1v) is 4.89. The SMILES string of the molecule is C=C/C=C\C(=C/C)OC(=C/C=C)/N=C\C=C. The van der Waals surface area contributed by atoms with Crippen LogP contribution in [0.1, 0.15) is 6.92 Å². The number of hydrogen-bond donors (Lipinski definition) is 0. The molecule has 0 aromatic heterocycles. The van der Waals surface area contributed by atoms with Crippen LogP contribution in [0.15, 0.2) is 78.9 Å². The van der Waals surface area contributed by atoms with Gasteiger partial charge >= 0.3 is 0 Å². The number of aliphatic imine (C=N–C) groups is 1. The molecule has 0 N–H and O–H groups in total. The van der Waals surface area contributed by atoms with Crippen LogP contribution in [0.2, 0.25) is 0 Å². The molecular weight excluding hydrogens is 198 g/mol. The number of hydrogen-bond acceptors (Lipinski definition) is 2. The molecule has 0 fully saturated rings. The van der Waals surface area contributed by atoms with E-state index in [0.29, 0.717) is 11.6 Å². The van der Waals surface area contributed by atoms with Crippen molar-refractivity contribution in [2.24, 2.45) is 4.99 Å². The summed E-state index contributed by atoms with van der Waals surface area (Å²) < 4.78 is 5.52. The molecule has 0 radical (unpaired) electrons. The molecular formula is C14H17NO. The quantitative estimate of drug-likeness (QED) is 0.358. The van der Waals surface area contributed by atoms with E-state index in [1.165, 1.54) is 0 Å². The van der Waals surface area contributed by atoms with Crippen molar-refractivity contribution in [3.63, 3.8) is 0 Å². The fourth-order valence-corrected chi connectivity index (χ4v) is 0.803. The molecule has 0 unspecified atom stereocenters. The summed E-state index contributed by atoms with van der Waals surface area (Å²) >= 11 is 0. The van der Waals surface area contributed by atoms with Gasteiger partial charge in [-0.15, -0.1) is 0 Å². The molecule has 0 rings (SSSR count). The van der Waals surface area contributed by atoms with Crippen molar-refractivity contribution in [2.45, 2.75) is 6.92 Å². The van der Waals surface area contributed by atoms with Gasteiger partial charge in [-0.2, -0.15) is 0 Å². The standard InChI is InChI=1S/C14H17NO/c1-5-9-11-13(8-4)16-14(10-6-2)15-12-7-3/h5-12H,1-3H2,4H3/b11-9-,13-8+,14-10+,15-12-. The summed E-state index contributed by atoms with van der Waals surface area (Å²) in [6.07, 6.45) is 13.5. The van der Waals surface area contributed by atoms with Crippen LogP contribution in [0.4, 0.5) is 0 Å². The third-order valence-electron chi connectivity index (χ3n) is 1.47. The molecule has 0 atom stereocenters. The summed E-state index contributed by atoms with van der Waals surface area (Å²) in [5.41, 5.74) is 0. The highest BCUT2D eigenvalue weighted by Crippen LogP contribution is 2.09. The van der Waals surface area contributed by atoms with Crippen molar-refractivity contribution in [2.75, 3.05) is 0 Å². The van der Waals surface area contributed by atoms with Gasteiger partial charge in [-0.25, -0.2) is 4.99 Å². The Hall–Kier alpha value is -2.09. The summed E-state index contributed by atoms with van der Waals surface area (Å²) in [4.78, 5) is 4.05. The maximum absolute atomic E-state index is 5.52. The number of ether oxygens (including phenoxy) is 1. The van der Waals surface area contributed by atoms with E-state index in [1.807, 2.05) is 13.0 Å². The molecule has 0 bridgehead atoms. The van der Waals surface area contributed by atoms with E-state index in [-0.39, 0.29) is 0 Å². The van der Waals surface area contributed by atoms with Crippen LogP contribution >= 0.6 is 0 Å². The van der Waals surface area contributed by atoms with Gasteiger partial charge in [0.1, 0.15) is 5.76 Å². The number of allylic oxidation sites excluding steroid dienone is 7. The molecule has 0 saturated carbocycles. The summed E-state index contributed by atoms with van der Waals surface area (Å²) in [6.45, 7) is 12.6. The lowest BCUT2D eigenvalue weighted by atomic mass is 10.4. The zero-order chi connectivity index (χ0) is 12.2. The second-order valence-electron chi connectivity index (χ2n) is 2.64. The van der Waals surface area contributed by atoms with E-state index in [2.05, 4.69) is 24.7 Å². The Morgan fingerprint density at radius 1 is 1.12 bits per heavy atom. The third-order valence-corrected chi connectivity index (χ3v) is 1.47. The molecule has 0 amide bonds. The predicted molar refractivity (Wildman–Crippen MR) is 71.1 cm³/mol. The average Bonchev–Trinajstić information content (AvgIpc) is 2.31. The van der Waals surface area contributed by atoms with Crippen LogP contribution in [0, 0.1) is 0 Å². The van der Waals surface area contributed by atoms with Crippen LogP contribution in [0.5, 0.6) is 0 Å². The third kappa shape index (κ3) is 6.38. The van der Waals surface area contributed by atoms with Crippen LogP contribution in [-0.4, -0.2) is 6.21 Å². The first-order chi connectivity index (χ1) is 7.78. The van der Waals surface area contributed by atoms with Gasteiger partial charge in [0.25, 0.3) is 0 Å². The Bertz CT molecular complexity index is 357. The summed E-state index contributed by atoms with van der Waals surface area (Å²) in [6, 6.07) is 0. The van der Waals surface area contributed by atoms with Gasteiger partial charge in [0.15, 0.2) is 0 Å². The molecule has 0 aliphatic carbocycles. The minimum atomic E-state index is 0.455. The molecule has 0 aliphatic rings. The topological polar surface area (TPSA) is 21.6 Å². The zero-order valence-electron chi connectivity index (χ0n) is 9.60. The second kappa shape index (κ2) is 9.46. The lowest BCUT2D eigenvalue weighted by Gasteiger charge is -2.04. The summed E-state index contributed by atoms with van der Waals surface area (Å²) in [5.74, 6) is 1.14. The highest BCUT2D eigenvalue weighted by molar-refractivity contribution is 5.71. The van der Waals surface area contributed by atoms with Crippen LogP contribution in [0.25, 0.3) is 0 Å². The Labute approximate surface area is 97.4 Å². The predicted octanol–water partition coefficient (Wildman–Crippen LogP) is 3.93. The van der Waals surface area contributed by atoms with Crippen LogP contribution in [-0.2, 0) is 4.74 Å². The smallest absolute Gasteiger partial charge is 0.219 e. The first-order valence-electron chi connectivity index (χ1n) is 4.89. The Kier molecular flexibility index (Phi) is 8.23. The van der Waals surface area contributed by atoms with E-state index in [4.69, 9.17) is 4.74 Å². The largest absolute Gasteiger partial charge is 0.439 e. The maximum atomic E-state index is 5.52. The lowest BCUT2D eigenvalue weighted by molar-refractivity contribution is 0.317. The number of nitrogens with zero attached hydrogens (tertiary/aromatic N) is 1. The molecule has 16 heavy (non-hydrogen) atoms. The highest BCUT2D eigenvalue weighted by atomic mass is 16.5. The lowest BCUT2D eigenvalue weighted by Crippen LogP contribution is -1.88. The monoisotopic (exact) mass is 215 g/mol. The normalized spacial score (nSPS) is 13.1. The van der Waals surface area contributed by atoms with Gasteiger partial charge in [0.05, 0.1) is 0 Å². The Morgan fingerprint density at radius 3 is 2.38 bits per heavy atom.